The van der Waals surface area contributed by atoms with E-state index in [-0.39, 0.29) is 5.06 Å². The van der Waals surface area contributed by atoms with Crippen LogP contribution < -0.4 is 5.06 Å². The third-order valence-corrected chi connectivity index (χ3v) is 0.820. The van der Waals surface area contributed by atoms with E-state index >= 15 is 0 Å². The van der Waals surface area contributed by atoms with Crippen LogP contribution in [0.3, 0.4) is 0 Å². The Morgan fingerprint density at radius 2 is 2.25 bits per heavy atom. The third kappa shape index (κ3) is 2.55. The lowest BCUT2D eigenvalue weighted by molar-refractivity contribution is -0.778. The van der Waals surface area contributed by atoms with Crippen molar-refractivity contribution in [3.8, 4) is 0 Å². The molecule has 0 aromatic heterocycles. The molecule has 0 amide bonds. The van der Waals surface area contributed by atoms with E-state index < -0.39 is 0 Å². The molecule has 1 atom stereocenters. The van der Waals surface area contributed by atoms with E-state index in [1.165, 1.54) is 7.05 Å². The van der Waals surface area contributed by atoms with Crippen LogP contribution in [-0.2, 0) is 0 Å². The quantitative estimate of drug-likeness (QED) is 0.399. The molecule has 0 rings (SSSR count). The highest BCUT2D eigenvalue weighted by atomic mass is 16.5. The SMILES string of the molecule is C=C(/C=C\C)[NH+](C)[O-]. The first-order valence-electron chi connectivity index (χ1n) is 2.51. The molecule has 0 aliphatic heterocycles. The standard InChI is InChI=1S/C6H11NO/c1-4-5-6(2)7(3)8/h4-5,7H,2H2,1,3H3/b5-4-. The number of nitrogens with one attached hydrogen (secondary N) is 1. The lowest BCUT2D eigenvalue weighted by atomic mass is 10.4. The van der Waals surface area contributed by atoms with E-state index in [2.05, 4.69) is 6.58 Å². The number of likely N-dealkylation sites (N-methyl/N-ethyl adjacent to an activating group) is 1. The summed E-state index contributed by atoms with van der Waals surface area (Å²) < 4.78 is 0. The van der Waals surface area contributed by atoms with Gasteiger partial charge in [-0.3, -0.25) is 0 Å². The molecule has 2 nitrogen and oxygen atoms in total. The molecule has 0 radical (unpaired) electrons. The fourth-order valence-corrected chi connectivity index (χ4v) is 0.319. The summed E-state index contributed by atoms with van der Waals surface area (Å²) in [7, 11) is 1.50. The second-order valence-corrected chi connectivity index (χ2v) is 1.58. The third-order valence-electron chi connectivity index (χ3n) is 0.820. The van der Waals surface area contributed by atoms with Crippen LogP contribution in [0.4, 0.5) is 0 Å². The van der Waals surface area contributed by atoms with Crippen molar-refractivity contribution < 1.29 is 5.06 Å². The molecule has 8 heavy (non-hydrogen) atoms. The smallest absolute Gasteiger partial charge is 0.123 e. The van der Waals surface area contributed by atoms with Crippen molar-refractivity contribution in [2.24, 2.45) is 0 Å². The molecule has 0 aliphatic carbocycles. The van der Waals surface area contributed by atoms with Gasteiger partial charge >= 0.3 is 0 Å². The Morgan fingerprint density at radius 3 is 2.38 bits per heavy atom. The maximum atomic E-state index is 10.4. The van der Waals surface area contributed by atoms with Gasteiger partial charge in [0.25, 0.3) is 0 Å². The van der Waals surface area contributed by atoms with Gasteiger partial charge in [0.1, 0.15) is 5.70 Å². The van der Waals surface area contributed by atoms with E-state index in [4.69, 9.17) is 0 Å². The normalized spacial score (nSPS) is 14.4. The highest BCUT2D eigenvalue weighted by Gasteiger charge is 1.86. The predicted molar refractivity (Wildman–Crippen MR) is 34.2 cm³/mol. The summed E-state index contributed by atoms with van der Waals surface area (Å²) in [6.45, 7) is 5.36. The fraction of sp³-hybridized carbons (Fsp3) is 0.333. The van der Waals surface area contributed by atoms with Crippen molar-refractivity contribution in [3.05, 3.63) is 29.6 Å². The van der Waals surface area contributed by atoms with Gasteiger partial charge in [0.15, 0.2) is 0 Å². The minimum Gasteiger partial charge on any atom is -0.629 e. The zero-order valence-corrected chi connectivity index (χ0v) is 5.27. The molecule has 0 fully saturated rings. The van der Waals surface area contributed by atoms with Crippen LogP contribution in [0.25, 0.3) is 0 Å². The summed E-state index contributed by atoms with van der Waals surface area (Å²) in [5, 5.41) is 10.4. The van der Waals surface area contributed by atoms with Crippen molar-refractivity contribution in [3.63, 3.8) is 0 Å². The lowest BCUT2D eigenvalue weighted by Crippen LogP contribution is -3.01. The van der Waals surface area contributed by atoms with Gasteiger partial charge in [0, 0.05) is 0 Å². The Morgan fingerprint density at radius 1 is 1.75 bits per heavy atom. The van der Waals surface area contributed by atoms with E-state index in [1.54, 1.807) is 12.2 Å². The van der Waals surface area contributed by atoms with Crippen molar-refractivity contribution in [1.82, 2.24) is 0 Å². The zero-order valence-electron chi connectivity index (χ0n) is 5.27. The highest BCUT2D eigenvalue weighted by Crippen LogP contribution is 1.76. The van der Waals surface area contributed by atoms with Gasteiger partial charge in [-0.2, -0.15) is 0 Å². The Kier molecular flexibility index (Phi) is 3.15. The number of allylic oxidation sites excluding steroid dienone is 2. The molecule has 2 heteroatoms. The van der Waals surface area contributed by atoms with E-state index in [0.717, 1.165) is 0 Å². The van der Waals surface area contributed by atoms with Gasteiger partial charge in [-0.1, -0.05) is 6.08 Å². The number of hydrogen-bond acceptors (Lipinski definition) is 1. The summed E-state index contributed by atoms with van der Waals surface area (Å²) in [4.78, 5) is 0. The summed E-state index contributed by atoms with van der Waals surface area (Å²) >= 11 is 0. The van der Waals surface area contributed by atoms with Crippen LogP contribution in [0, 0.1) is 5.21 Å². The van der Waals surface area contributed by atoms with Crippen molar-refractivity contribution >= 4 is 0 Å². The topological polar surface area (TPSA) is 27.5 Å². The van der Waals surface area contributed by atoms with Crippen LogP contribution in [-0.4, -0.2) is 7.05 Å². The van der Waals surface area contributed by atoms with Crippen molar-refractivity contribution in [2.75, 3.05) is 7.05 Å². The Hall–Kier alpha value is -0.600. The maximum absolute atomic E-state index is 10.4. The Bertz CT molecular complexity index is 105. The fourth-order valence-electron chi connectivity index (χ4n) is 0.319. The number of rotatable bonds is 2. The van der Waals surface area contributed by atoms with Crippen molar-refractivity contribution in [2.45, 2.75) is 6.92 Å². The Labute approximate surface area is 49.7 Å². The average molecular weight is 113 g/mol. The molecule has 1 N–H and O–H groups in total. The molecule has 0 aliphatic rings. The molecule has 0 heterocycles. The monoisotopic (exact) mass is 113 g/mol. The largest absolute Gasteiger partial charge is 0.629 e. The molecule has 0 bridgehead atoms. The van der Waals surface area contributed by atoms with Gasteiger partial charge in [-0.15, -0.1) is 0 Å². The molecule has 0 aromatic rings. The van der Waals surface area contributed by atoms with Crippen molar-refractivity contribution in [1.29, 1.82) is 0 Å². The first kappa shape index (κ1) is 7.40. The summed E-state index contributed by atoms with van der Waals surface area (Å²) in [5.41, 5.74) is 0.563. The molecule has 0 saturated carbocycles. The summed E-state index contributed by atoms with van der Waals surface area (Å²) in [6.07, 6.45) is 3.49. The lowest BCUT2D eigenvalue weighted by Gasteiger charge is -2.14. The van der Waals surface area contributed by atoms with E-state index in [1.807, 2.05) is 6.92 Å². The summed E-state index contributed by atoms with van der Waals surface area (Å²) in [5.74, 6) is 0. The van der Waals surface area contributed by atoms with Gasteiger partial charge in [-0.25, -0.2) is 0 Å². The van der Waals surface area contributed by atoms with E-state index in [0.29, 0.717) is 5.70 Å². The van der Waals surface area contributed by atoms with Crippen LogP contribution in [0.1, 0.15) is 6.92 Å². The number of hydroxylamine groups is 2. The first-order valence-corrected chi connectivity index (χ1v) is 2.51. The molecule has 0 saturated heterocycles. The molecule has 0 aromatic carbocycles. The van der Waals surface area contributed by atoms with E-state index in [9.17, 15) is 5.21 Å². The van der Waals surface area contributed by atoms with Crippen LogP contribution >= 0.6 is 0 Å². The molecular formula is C6H11NO. The molecule has 46 valence electrons. The highest BCUT2D eigenvalue weighted by molar-refractivity contribution is 5.03. The molecular weight excluding hydrogens is 102 g/mol. The van der Waals surface area contributed by atoms with Gasteiger partial charge in [0.05, 0.1) is 7.05 Å². The Balaban J connectivity index is 3.66. The second kappa shape index (κ2) is 3.41. The second-order valence-electron chi connectivity index (χ2n) is 1.58. The maximum Gasteiger partial charge on any atom is 0.123 e. The molecule has 0 spiro atoms. The molecule has 1 unspecified atom stereocenters. The minimum atomic E-state index is 0.0306. The number of quaternary nitrogens is 1. The first-order chi connectivity index (χ1) is 3.68. The predicted octanol–water partition coefficient (Wildman–Crippen LogP) is 0.0887. The van der Waals surface area contributed by atoms with Gasteiger partial charge in [0.2, 0.25) is 0 Å². The average Bonchev–Trinajstić information content (AvgIpc) is 1.67. The number of hydrogen-bond donors (Lipinski definition) is 1. The van der Waals surface area contributed by atoms with Crippen LogP contribution in [0.5, 0.6) is 0 Å². The minimum absolute atomic E-state index is 0.0306. The van der Waals surface area contributed by atoms with Crippen LogP contribution in [0.2, 0.25) is 0 Å². The van der Waals surface area contributed by atoms with Gasteiger partial charge in [-0.05, 0) is 19.6 Å². The zero-order chi connectivity index (χ0) is 6.57. The van der Waals surface area contributed by atoms with Crippen LogP contribution in [0.15, 0.2) is 24.4 Å². The summed E-state index contributed by atoms with van der Waals surface area (Å²) in [6, 6.07) is 0. The van der Waals surface area contributed by atoms with Gasteiger partial charge < -0.3 is 10.3 Å².